The first-order valence-corrected chi connectivity index (χ1v) is 10.2. The van der Waals surface area contributed by atoms with E-state index in [1.54, 1.807) is 0 Å². The second-order valence-corrected chi connectivity index (χ2v) is 8.15. The van der Waals surface area contributed by atoms with Crippen LogP contribution in [0.1, 0.15) is 75.6 Å². The quantitative estimate of drug-likeness (QED) is 0.615. The normalized spacial score (nSPS) is 16.7. The zero-order valence-corrected chi connectivity index (χ0v) is 17.1. The maximum atomic E-state index is 2.65. The molecular formula is C24H34N2. The van der Waals surface area contributed by atoms with Gasteiger partial charge in [-0.2, -0.15) is 0 Å². The monoisotopic (exact) mass is 350 g/mol. The molecule has 0 unspecified atom stereocenters. The minimum absolute atomic E-state index is 0.509. The third kappa shape index (κ3) is 3.81. The Morgan fingerprint density at radius 2 is 1.42 bits per heavy atom. The number of rotatable bonds is 6. The van der Waals surface area contributed by atoms with E-state index in [0.717, 1.165) is 26.2 Å². The van der Waals surface area contributed by atoms with Crippen LogP contribution in [0.25, 0.3) is 0 Å². The molecule has 1 atom stereocenters. The van der Waals surface area contributed by atoms with Crippen molar-refractivity contribution in [3.63, 3.8) is 0 Å². The summed E-state index contributed by atoms with van der Waals surface area (Å²) in [6.07, 6.45) is 1.15. The van der Waals surface area contributed by atoms with Crippen LogP contribution >= 0.6 is 0 Å². The number of anilines is 1. The van der Waals surface area contributed by atoms with Gasteiger partial charge in [-0.1, -0.05) is 83.1 Å². The van der Waals surface area contributed by atoms with Crippen LogP contribution < -0.4 is 4.90 Å². The summed E-state index contributed by atoms with van der Waals surface area (Å²) in [5.41, 5.74) is 5.91. The Morgan fingerprint density at radius 3 is 1.96 bits per heavy atom. The standard InChI is InChI=1S/C24H34N2/c1-6-23(20-11-8-7-9-12-20)25-15-16-26(17-25)24-21(18(2)3)13-10-14-22(24)19(4)5/h7-14,18-19,23H,6,15-17H2,1-5H3/t23-/m0/s1. The summed E-state index contributed by atoms with van der Waals surface area (Å²) >= 11 is 0. The van der Waals surface area contributed by atoms with E-state index in [4.69, 9.17) is 0 Å². The first kappa shape index (κ1) is 19.0. The summed E-state index contributed by atoms with van der Waals surface area (Å²) in [7, 11) is 0. The molecule has 0 N–H and O–H groups in total. The molecule has 2 heteroatoms. The van der Waals surface area contributed by atoms with Crippen molar-refractivity contribution in [2.75, 3.05) is 24.7 Å². The van der Waals surface area contributed by atoms with Crippen molar-refractivity contribution in [3.8, 4) is 0 Å². The second-order valence-electron chi connectivity index (χ2n) is 8.15. The first-order valence-electron chi connectivity index (χ1n) is 10.2. The highest BCUT2D eigenvalue weighted by Gasteiger charge is 2.29. The average molecular weight is 351 g/mol. The maximum Gasteiger partial charge on any atom is 0.0713 e. The van der Waals surface area contributed by atoms with Gasteiger partial charge in [0.1, 0.15) is 0 Å². The molecule has 1 aliphatic rings. The van der Waals surface area contributed by atoms with Crippen molar-refractivity contribution in [2.45, 2.75) is 58.9 Å². The van der Waals surface area contributed by atoms with E-state index in [1.165, 1.54) is 22.4 Å². The third-order valence-corrected chi connectivity index (χ3v) is 5.68. The van der Waals surface area contributed by atoms with Crippen LogP contribution in [0.5, 0.6) is 0 Å². The Balaban J connectivity index is 1.89. The minimum Gasteiger partial charge on any atom is -0.357 e. The average Bonchev–Trinajstić information content (AvgIpc) is 3.12. The lowest BCUT2D eigenvalue weighted by molar-refractivity contribution is 0.241. The second kappa shape index (κ2) is 8.26. The van der Waals surface area contributed by atoms with Crippen LogP contribution in [0.15, 0.2) is 48.5 Å². The molecule has 1 heterocycles. The summed E-state index contributed by atoms with van der Waals surface area (Å²) in [5.74, 6) is 1.10. The molecule has 0 bridgehead atoms. The predicted molar refractivity (Wildman–Crippen MR) is 113 cm³/mol. The Labute approximate surface area is 159 Å². The van der Waals surface area contributed by atoms with E-state index in [-0.39, 0.29) is 0 Å². The summed E-state index contributed by atoms with van der Waals surface area (Å²) in [6.45, 7) is 14.8. The van der Waals surface area contributed by atoms with E-state index in [0.29, 0.717) is 17.9 Å². The lowest BCUT2D eigenvalue weighted by Gasteiger charge is -2.31. The Kier molecular flexibility index (Phi) is 6.03. The smallest absolute Gasteiger partial charge is 0.0713 e. The van der Waals surface area contributed by atoms with Gasteiger partial charge in [0, 0.05) is 24.8 Å². The van der Waals surface area contributed by atoms with Crippen LogP contribution in [0.3, 0.4) is 0 Å². The molecular weight excluding hydrogens is 316 g/mol. The summed E-state index contributed by atoms with van der Waals surface area (Å²) in [5, 5.41) is 0. The van der Waals surface area contributed by atoms with Gasteiger partial charge in [0.15, 0.2) is 0 Å². The highest BCUT2D eigenvalue weighted by atomic mass is 15.4. The molecule has 0 amide bonds. The highest BCUT2D eigenvalue weighted by molar-refractivity contribution is 5.62. The fourth-order valence-electron chi connectivity index (χ4n) is 4.30. The van der Waals surface area contributed by atoms with E-state index in [2.05, 4.69) is 92.9 Å². The molecule has 1 fully saturated rings. The fourth-order valence-corrected chi connectivity index (χ4v) is 4.30. The van der Waals surface area contributed by atoms with Crippen LogP contribution in [0.2, 0.25) is 0 Å². The molecule has 0 spiro atoms. The zero-order chi connectivity index (χ0) is 18.7. The van der Waals surface area contributed by atoms with Crippen molar-refractivity contribution in [1.82, 2.24) is 4.90 Å². The number of hydrogen-bond donors (Lipinski definition) is 0. The molecule has 1 aliphatic heterocycles. The molecule has 0 saturated carbocycles. The Hall–Kier alpha value is -1.80. The van der Waals surface area contributed by atoms with Crippen LogP contribution in [0, 0.1) is 0 Å². The summed E-state index contributed by atoms with van der Waals surface area (Å²) < 4.78 is 0. The number of para-hydroxylation sites is 1. The third-order valence-electron chi connectivity index (χ3n) is 5.68. The maximum absolute atomic E-state index is 2.65. The van der Waals surface area contributed by atoms with Crippen LogP contribution in [-0.2, 0) is 0 Å². The van der Waals surface area contributed by atoms with Crippen molar-refractivity contribution in [2.24, 2.45) is 0 Å². The topological polar surface area (TPSA) is 6.48 Å². The SMILES string of the molecule is CC[C@@H](c1ccccc1)N1CCN(c2c(C(C)C)cccc2C(C)C)C1. The fraction of sp³-hybridized carbons (Fsp3) is 0.500. The van der Waals surface area contributed by atoms with E-state index >= 15 is 0 Å². The lowest BCUT2D eigenvalue weighted by Crippen LogP contribution is -2.30. The molecule has 2 nitrogen and oxygen atoms in total. The van der Waals surface area contributed by atoms with Crippen molar-refractivity contribution in [3.05, 3.63) is 65.2 Å². The van der Waals surface area contributed by atoms with Crippen LogP contribution in [0.4, 0.5) is 5.69 Å². The van der Waals surface area contributed by atoms with Gasteiger partial charge < -0.3 is 4.90 Å². The number of nitrogens with zero attached hydrogens (tertiary/aromatic N) is 2. The summed E-state index contributed by atoms with van der Waals surface area (Å²) in [6, 6.07) is 18.4. The molecule has 2 aromatic carbocycles. The Morgan fingerprint density at radius 1 is 0.808 bits per heavy atom. The van der Waals surface area contributed by atoms with E-state index in [1.807, 2.05) is 0 Å². The molecule has 0 aliphatic carbocycles. The molecule has 1 saturated heterocycles. The molecule has 0 aromatic heterocycles. The lowest BCUT2D eigenvalue weighted by atomic mass is 9.92. The van der Waals surface area contributed by atoms with Crippen molar-refractivity contribution in [1.29, 1.82) is 0 Å². The van der Waals surface area contributed by atoms with Gasteiger partial charge in [0.2, 0.25) is 0 Å². The van der Waals surface area contributed by atoms with E-state index in [9.17, 15) is 0 Å². The van der Waals surface area contributed by atoms with Crippen molar-refractivity contribution < 1.29 is 0 Å². The van der Waals surface area contributed by atoms with Gasteiger partial charge in [-0.05, 0) is 34.9 Å². The zero-order valence-electron chi connectivity index (χ0n) is 17.1. The molecule has 26 heavy (non-hydrogen) atoms. The predicted octanol–water partition coefficient (Wildman–Crippen LogP) is 6.16. The molecule has 0 radical (unpaired) electrons. The Bertz CT molecular complexity index is 679. The largest absolute Gasteiger partial charge is 0.357 e. The van der Waals surface area contributed by atoms with E-state index < -0.39 is 0 Å². The van der Waals surface area contributed by atoms with Gasteiger partial charge in [-0.3, -0.25) is 4.90 Å². The minimum atomic E-state index is 0.509. The molecule has 2 aromatic rings. The van der Waals surface area contributed by atoms with Crippen LogP contribution in [-0.4, -0.2) is 24.7 Å². The number of hydrogen-bond acceptors (Lipinski definition) is 2. The van der Waals surface area contributed by atoms with Crippen molar-refractivity contribution >= 4 is 5.69 Å². The number of benzene rings is 2. The molecule has 140 valence electrons. The highest BCUT2D eigenvalue weighted by Crippen LogP contribution is 2.38. The molecule has 3 rings (SSSR count). The van der Waals surface area contributed by atoms with Gasteiger partial charge >= 0.3 is 0 Å². The van der Waals surface area contributed by atoms with Gasteiger partial charge in [0.05, 0.1) is 6.67 Å². The first-order chi connectivity index (χ1) is 12.5. The van der Waals surface area contributed by atoms with Gasteiger partial charge in [-0.15, -0.1) is 0 Å². The van der Waals surface area contributed by atoms with Gasteiger partial charge in [-0.25, -0.2) is 0 Å². The summed E-state index contributed by atoms with van der Waals surface area (Å²) in [4.78, 5) is 5.27. The van der Waals surface area contributed by atoms with Gasteiger partial charge in [0.25, 0.3) is 0 Å².